The van der Waals surface area contributed by atoms with E-state index >= 15 is 0 Å². The van der Waals surface area contributed by atoms with Crippen LogP contribution in [0.3, 0.4) is 0 Å². The van der Waals surface area contributed by atoms with Crippen LogP contribution in [0.2, 0.25) is 0 Å². The number of sulfone groups is 1. The topological polar surface area (TPSA) is 73.8 Å². The van der Waals surface area contributed by atoms with Crippen LogP contribution in [-0.4, -0.2) is 47.3 Å². The van der Waals surface area contributed by atoms with Crippen LogP contribution in [0.25, 0.3) is 0 Å². The minimum Gasteiger partial charge on any atom is -0.373 e. The lowest BCUT2D eigenvalue weighted by Crippen LogP contribution is -2.41. The molecule has 2 rings (SSSR count). The molecule has 158 valence electrons. The molecule has 0 aliphatic rings. The van der Waals surface area contributed by atoms with E-state index in [1.165, 1.54) is 18.2 Å². The van der Waals surface area contributed by atoms with Crippen molar-refractivity contribution in [2.24, 2.45) is 4.99 Å². The highest BCUT2D eigenvalue weighted by Crippen LogP contribution is 2.15. The molecule has 0 aliphatic carbocycles. The summed E-state index contributed by atoms with van der Waals surface area (Å²) < 4.78 is 37.0. The predicted molar refractivity (Wildman–Crippen MR) is 117 cm³/mol. The fourth-order valence-corrected chi connectivity index (χ4v) is 3.67. The second-order valence-corrected chi connectivity index (χ2v) is 9.00. The van der Waals surface area contributed by atoms with E-state index in [1.807, 2.05) is 44.3 Å². The first-order valence-electron chi connectivity index (χ1n) is 9.52. The number of halogens is 1. The molecule has 8 heteroatoms. The summed E-state index contributed by atoms with van der Waals surface area (Å²) in [6.45, 7) is 4.26. The average molecular weight is 421 g/mol. The molecule has 29 heavy (non-hydrogen) atoms. The van der Waals surface area contributed by atoms with Gasteiger partial charge in [0.2, 0.25) is 0 Å². The molecule has 0 saturated carbocycles. The number of guanidine groups is 1. The highest BCUT2D eigenvalue weighted by atomic mass is 32.2. The lowest BCUT2D eigenvalue weighted by atomic mass is 10.1. The van der Waals surface area contributed by atoms with Crippen molar-refractivity contribution in [3.63, 3.8) is 0 Å². The van der Waals surface area contributed by atoms with Crippen molar-refractivity contribution in [2.45, 2.75) is 19.2 Å². The number of nitrogens with one attached hydrogen (secondary N) is 2. The van der Waals surface area contributed by atoms with Crippen LogP contribution < -0.4 is 15.5 Å². The molecule has 2 aromatic rings. The van der Waals surface area contributed by atoms with Crippen molar-refractivity contribution in [1.82, 2.24) is 10.6 Å². The Morgan fingerprint density at radius 2 is 1.83 bits per heavy atom. The number of anilines is 1. The number of hydrogen-bond donors (Lipinski definition) is 2. The van der Waals surface area contributed by atoms with Crippen molar-refractivity contribution in [1.29, 1.82) is 0 Å². The van der Waals surface area contributed by atoms with Gasteiger partial charge in [-0.15, -0.1) is 0 Å². The maximum Gasteiger partial charge on any atom is 0.191 e. The number of nitrogens with zero attached hydrogens (tertiary/aromatic N) is 2. The summed E-state index contributed by atoms with van der Waals surface area (Å²) in [5.41, 5.74) is 2.26. The number of para-hydroxylation sites is 1. The minimum absolute atomic E-state index is 0.135. The standard InChI is InChI=1S/C21H29FN4O2S/c1-4-23-21(24-12-13-26(2)20-8-6-5-7-9-20)25-15-18-14-19(22)11-10-17(18)16-29(3,27)28/h5-11,14H,4,12-13,15-16H2,1-3H3,(H2,23,24,25). The molecule has 0 saturated heterocycles. The first-order chi connectivity index (χ1) is 13.8. The molecule has 0 aliphatic heterocycles. The van der Waals surface area contributed by atoms with Crippen LogP contribution in [0.4, 0.5) is 10.1 Å². The Balaban J connectivity index is 2.02. The van der Waals surface area contributed by atoms with Crippen LogP contribution in [0, 0.1) is 5.82 Å². The van der Waals surface area contributed by atoms with Gasteiger partial charge in [0.15, 0.2) is 15.8 Å². The van der Waals surface area contributed by atoms with E-state index in [4.69, 9.17) is 0 Å². The molecule has 0 amide bonds. The van der Waals surface area contributed by atoms with Crippen LogP contribution in [0.1, 0.15) is 18.1 Å². The molecule has 2 N–H and O–H groups in total. The Kier molecular flexibility index (Phi) is 8.45. The monoisotopic (exact) mass is 420 g/mol. The van der Waals surface area contributed by atoms with Crippen molar-refractivity contribution in [3.05, 3.63) is 65.5 Å². The molecule has 2 aromatic carbocycles. The van der Waals surface area contributed by atoms with Gasteiger partial charge >= 0.3 is 0 Å². The van der Waals surface area contributed by atoms with Gasteiger partial charge in [-0.1, -0.05) is 24.3 Å². The fraction of sp³-hybridized carbons (Fsp3) is 0.381. The number of likely N-dealkylation sites (N-methyl/N-ethyl adjacent to an activating group) is 1. The van der Waals surface area contributed by atoms with Gasteiger partial charge in [-0.05, 0) is 42.3 Å². The normalized spacial score (nSPS) is 11.9. The van der Waals surface area contributed by atoms with Gasteiger partial charge in [-0.3, -0.25) is 0 Å². The van der Waals surface area contributed by atoms with Crippen molar-refractivity contribution < 1.29 is 12.8 Å². The average Bonchev–Trinajstić information content (AvgIpc) is 2.67. The Bertz CT molecular complexity index is 918. The summed E-state index contributed by atoms with van der Waals surface area (Å²) in [7, 11) is -1.20. The Morgan fingerprint density at radius 3 is 2.48 bits per heavy atom. The molecule has 0 atom stereocenters. The summed E-state index contributed by atoms with van der Waals surface area (Å²) in [6, 6.07) is 14.2. The highest BCUT2D eigenvalue weighted by molar-refractivity contribution is 7.89. The van der Waals surface area contributed by atoms with Crippen LogP contribution >= 0.6 is 0 Å². The second kappa shape index (κ2) is 10.8. The maximum atomic E-state index is 13.7. The van der Waals surface area contributed by atoms with E-state index in [0.29, 0.717) is 30.2 Å². The zero-order valence-electron chi connectivity index (χ0n) is 17.2. The molecule has 0 heterocycles. The number of benzene rings is 2. The predicted octanol–water partition coefficient (Wildman–Crippen LogP) is 2.56. The van der Waals surface area contributed by atoms with Gasteiger partial charge in [-0.2, -0.15) is 0 Å². The molecule has 0 spiro atoms. The van der Waals surface area contributed by atoms with E-state index in [1.54, 1.807) is 0 Å². The maximum absolute atomic E-state index is 13.7. The SMILES string of the molecule is CCNC(=NCc1cc(F)ccc1CS(C)(=O)=O)NCCN(C)c1ccccc1. The zero-order chi connectivity index (χ0) is 21.3. The summed E-state index contributed by atoms with van der Waals surface area (Å²) in [5.74, 6) is 0.0580. The van der Waals surface area contributed by atoms with Crippen molar-refractivity contribution in [2.75, 3.05) is 37.8 Å². The quantitative estimate of drug-likeness (QED) is 0.482. The molecule has 0 radical (unpaired) electrons. The van der Waals surface area contributed by atoms with Gasteiger partial charge in [0.25, 0.3) is 0 Å². The summed E-state index contributed by atoms with van der Waals surface area (Å²) in [5, 5.41) is 6.42. The highest BCUT2D eigenvalue weighted by Gasteiger charge is 2.11. The lowest BCUT2D eigenvalue weighted by molar-refractivity contribution is 0.600. The smallest absolute Gasteiger partial charge is 0.191 e. The molecule has 0 bridgehead atoms. The number of rotatable bonds is 9. The van der Waals surface area contributed by atoms with E-state index in [9.17, 15) is 12.8 Å². The Hall–Kier alpha value is -2.61. The number of hydrogen-bond acceptors (Lipinski definition) is 4. The second-order valence-electron chi connectivity index (χ2n) is 6.86. The Labute approximate surface area is 172 Å². The molecule has 6 nitrogen and oxygen atoms in total. The third kappa shape index (κ3) is 8.11. The van der Waals surface area contributed by atoms with Gasteiger partial charge in [0.05, 0.1) is 12.3 Å². The molecular weight excluding hydrogens is 391 g/mol. The molecule has 0 aromatic heterocycles. The van der Waals surface area contributed by atoms with Gasteiger partial charge in [0, 0.05) is 38.6 Å². The summed E-state index contributed by atoms with van der Waals surface area (Å²) in [6.07, 6.45) is 1.16. The van der Waals surface area contributed by atoms with Gasteiger partial charge in [-0.25, -0.2) is 17.8 Å². The third-order valence-electron chi connectivity index (χ3n) is 4.27. The Morgan fingerprint density at radius 1 is 1.10 bits per heavy atom. The summed E-state index contributed by atoms with van der Waals surface area (Å²) in [4.78, 5) is 6.63. The summed E-state index contributed by atoms with van der Waals surface area (Å²) >= 11 is 0. The third-order valence-corrected chi connectivity index (χ3v) is 5.11. The van der Waals surface area contributed by atoms with Crippen LogP contribution in [-0.2, 0) is 22.1 Å². The first-order valence-corrected chi connectivity index (χ1v) is 11.6. The minimum atomic E-state index is -3.22. The lowest BCUT2D eigenvalue weighted by Gasteiger charge is -2.20. The van der Waals surface area contributed by atoms with Crippen molar-refractivity contribution in [3.8, 4) is 0 Å². The van der Waals surface area contributed by atoms with Gasteiger partial charge < -0.3 is 15.5 Å². The number of aliphatic imine (C=N–C) groups is 1. The zero-order valence-corrected chi connectivity index (χ0v) is 18.0. The van der Waals surface area contributed by atoms with Gasteiger partial charge in [0.1, 0.15) is 5.82 Å². The largest absolute Gasteiger partial charge is 0.373 e. The molecule has 0 unspecified atom stereocenters. The van der Waals surface area contributed by atoms with E-state index in [-0.39, 0.29) is 12.3 Å². The first kappa shape index (κ1) is 22.7. The fourth-order valence-electron chi connectivity index (χ4n) is 2.82. The van der Waals surface area contributed by atoms with Crippen molar-refractivity contribution >= 4 is 21.5 Å². The molecular formula is C21H29FN4O2S. The van der Waals surface area contributed by atoms with E-state index < -0.39 is 15.7 Å². The van der Waals surface area contributed by atoms with E-state index in [2.05, 4.69) is 20.5 Å². The molecule has 0 fully saturated rings. The van der Waals surface area contributed by atoms with Crippen LogP contribution in [0.5, 0.6) is 0 Å². The van der Waals surface area contributed by atoms with E-state index in [0.717, 1.165) is 18.5 Å². The van der Waals surface area contributed by atoms with Crippen LogP contribution in [0.15, 0.2) is 53.5 Å².